The Hall–Kier alpha value is -2.14. The van der Waals surface area contributed by atoms with E-state index < -0.39 is 0 Å². The summed E-state index contributed by atoms with van der Waals surface area (Å²) >= 11 is 5.43. The van der Waals surface area contributed by atoms with Crippen LogP contribution in [0.4, 0.5) is 11.4 Å². The Balaban J connectivity index is 2.16. The zero-order valence-corrected chi connectivity index (χ0v) is 14.6. The molecule has 1 atom stereocenters. The molecule has 0 aliphatic carbocycles. The fourth-order valence-corrected chi connectivity index (χ4v) is 3.35. The van der Waals surface area contributed by atoms with Gasteiger partial charge in [-0.1, -0.05) is 38.1 Å². The highest BCUT2D eigenvalue weighted by molar-refractivity contribution is 7.80. The van der Waals surface area contributed by atoms with E-state index in [0.717, 1.165) is 22.1 Å². The number of hydrogen-bond donors (Lipinski definition) is 1. The van der Waals surface area contributed by atoms with Crippen LogP contribution < -0.4 is 15.1 Å². The van der Waals surface area contributed by atoms with Gasteiger partial charge in [0.15, 0.2) is 5.11 Å². The van der Waals surface area contributed by atoms with Gasteiger partial charge >= 0.3 is 0 Å². The highest BCUT2D eigenvalue weighted by Gasteiger charge is 2.38. The predicted octanol–water partition coefficient (Wildman–Crippen LogP) is 3.15. The van der Waals surface area contributed by atoms with Crippen LogP contribution in [0.1, 0.15) is 13.8 Å². The van der Waals surface area contributed by atoms with Crippen LogP contribution in [0.3, 0.4) is 0 Å². The molecule has 1 saturated heterocycles. The number of thiocarbonyl (C=S) groups is 1. The average molecular weight is 327 g/mol. The van der Waals surface area contributed by atoms with E-state index in [2.05, 4.69) is 16.3 Å². The predicted molar refractivity (Wildman–Crippen MR) is 100 cm³/mol. The summed E-state index contributed by atoms with van der Waals surface area (Å²) in [5.74, 6) is 0.213. The zero-order valence-electron chi connectivity index (χ0n) is 13.8. The lowest BCUT2D eigenvalue weighted by Crippen LogP contribution is -2.34. The molecule has 0 spiro atoms. The monoisotopic (exact) mass is 327 g/mol. The molecule has 0 bridgehead atoms. The van der Waals surface area contributed by atoms with Gasteiger partial charge < -0.3 is 10.2 Å². The summed E-state index contributed by atoms with van der Waals surface area (Å²) in [7, 11) is 4.03. The molecule has 1 amide bonds. The Morgan fingerprint density at radius 2 is 1.78 bits per heavy atom. The second-order valence-electron chi connectivity index (χ2n) is 6.39. The van der Waals surface area contributed by atoms with Gasteiger partial charge in [-0.2, -0.15) is 0 Å². The molecule has 0 saturated carbocycles. The Morgan fingerprint density at radius 3 is 2.35 bits per heavy atom. The largest absolute Gasteiger partial charge is 0.377 e. The van der Waals surface area contributed by atoms with Crippen molar-refractivity contribution >= 4 is 45.4 Å². The summed E-state index contributed by atoms with van der Waals surface area (Å²) in [6.45, 7) is 4.05. The lowest BCUT2D eigenvalue weighted by molar-refractivity contribution is -0.119. The lowest BCUT2D eigenvalue weighted by Gasteiger charge is -2.22. The topological polar surface area (TPSA) is 35.6 Å². The molecule has 1 unspecified atom stereocenters. The molecular weight excluding hydrogens is 306 g/mol. The second-order valence-corrected chi connectivity index (χ2v) is 6.78. The van der Waals surface area contributed by atoms with Gasteiger partial charge in [-0.25, -0.2) is 0 Å². The lowest BCUT2D eigenvalue weighted by atomic mass is 10.0. The number of anilines is 2. The smallest absolute Gasteiger partial charge is 0.256 e. The number of nitrogens with zero attached hydrogens (tertiary/aromatic N) is 2. The van der Waals surface area contributed by atoms with E-state index in [9.17, 15) is 4.79 Å². The standard InChI is InChI=1S/C18H21N3OS/c1-11(2)16-17(22)21(18(23)19-16)15-10-9-14(20(3)4)12-7-5-6-8-13(12)15/h5-11,16H,1-4H3,(H,19,23). The molecule has 23 heavy (non-hydrogen) atoms. The summed E-state index contributed by atoms with van der Waals surface area (Å²) in [5.41, 5.74) is 1.96. The molecule has 1 heterocycles. The van der Waals surface area contributed by atoms with Crippen molar-refractivity contribution in [2.45, 2.75) is 19.9 Å². The first-order valence-electron chi connectivity index (χ1n) is 7.75. The third kappa shape index (κ3) is 2.55. The van der Waals surface area contributed by atoms with Crippen molar-refractivity contribution in [1.29, 1.82) is 0 Å². The first kappa shape index (κ1) is 15.7. The van der Waals surface area contributed by atoms with Gasteiger partial charge in [-0.3, -0.25) is 9.69 Å². The van der Waals surface area contributed by atoms with Crippen molar-refractivity contribution in [2.24, 2.45) is 5.92 Å². The molecule has 1 N–H and O–H groups in total. The van der Waals surface area contributed by atoms with Gasteiger partial charge in [0, 0.05) is 30.6 Å². The molecule has 120 valence electrons. The Bertz CT molecular complexity index is 785. The Labute approximate surface area is 142 Å². The highest BCUT2D eigenvalue weighted by Crippen LogP contribution is 2.35. The molecule has 2 aromatic carbocycles. The van der Waals surface area contributed by atoms with Crippen LogP contribution in [0, 0.1) is 5.92 Å². The summed E-state index contributed by atoms with van der Waals surface area (Å²) in [6, 6.07) is 11.9. The minimum absolute atomic E-state index is 0.0211. The molecule has 0 aromatic heterocycles. The van der Waals surface area contributed by atoms with Gasteiger partial charge in [0.2, 0.25) is 0 Å². The first-order valence-corrected chi connectivity index (χ1v) is 8.16. The van der Waals surface area contributed by atoms with Crippen molar-refractivity contribution in [2.75, 3.05) is 23.9 Å². The molecule has 4 nitrogen and oxygen atoms in total. The van der Waals surface area contributed by atoms with Crippen LogP contribution in [0.25, 0.3) is 10.8 Å². The molecule has 3 rings (SSSR count). The minimum Gasteiger partial charge on any atom is -0.377 e. The number of rotatable bonds is 3. The number of fused-ring (bicyclic) bond motifs is 1. The zero-order chi connectivity index (χ0) is 16.7. The first-order chi connectivity index (χ1) is 10.9. The van der Waals surface area contributed by atoms with E-state index in [1.807, 2.05) is 58.3 Å². The molecule has 1 aliphatic heterocycles. The van der Waals surface area contributed by atoms with Crippen molar-refractivity contribution in [3.05, 3.63) is 36.4 Å². The van der Waals surface area contributed by atoms with Crippen LogP contribution in [0.2, 0.25) is 0 Å². The van der Waals surface area contributed by atoms with Crippen LogP contribution in [0.15, 0.2) is 36.4 Å². The van der Waals surface area contributed by atoms with E-state index >= 15 is 0 Å². The molecule has 2 aromatic rings. The fraction of sp³-hybridized carbons (Fsp3) is 0.333. The van der Waals surface area contributed by atoms with E-state index in [4.69, 9.17) is 12.2 Å². The summed E-state index contributed by atoms with van der Waals surface area (Å²) in [4.78, 5) is 16.5. The maximum absolute atomic E-state index is 12.8. The van der Waals surface area contributed by atoms with E-state index in [1.165, 1.54) is 0 Å². The number of hydrogen-bond acceptors (Lipinski definition) is 3. The summed E-state index contributed by atoms with van der Waals surface area (Å²) in [5, 5.41) is 5.77. The maximum atomic E-state index is 12.8. The van der Waals surface area contributed by atoms with Crippen LogP contribution in [-0.4, -0.2) is 31.2 Å². The normalized spacial score (nSPS) is 18.0. The number of benzene rings is 2. The molecule has 1 fully saturated rings. The van der Waals surface area contributed by atoms with Gasteiger partial charge in [-0.05, 0) is 30.3 Å². The number of amides is 1. The molecule has 1 aliphatic rings. The van der Waals surface area contributed by atoms with Gasteiger partial charge in [-0.15, -0.1) is 0 Å². The van der Waals surface area contributed by atoms with E-state index in [1.54, 1.807) is 4.90 Å². The van der Waals surface area contributed by atoms with Crippen LogP contribution in [0.5, 0.6) is 0 Å². The van der Waals surface area contributed by atoms with Crippen LogP contribution in [-0.2, 0) is 4.79 Å². The SMILES string of the molecule is CC(C)C1NC(=S)N(c2ccc(N(C)C)c3ccccc23)C1=O. The third-order valence-electron chi connectivity index (χ3n) is 4.24. The average Bonchev–Trinajstić information content (AvgIpc) is 2.81. The van der Waals surface area contributed by atoms with E-state index in [0.29, 0.717) is 5.11 Å². The van der Waals surface area contributed by atoms with Gasteiger partial charge in [0.05, 0.1) is 5.69 Å². The number of carbonyl (C=O) groups is 1. The second kappa shape index (κ2) is 5.81. The third-order valence-corrected chi connectivity index (χ3v) is 4.54. The van der Waals surface area contributed by atoms with Crippen molar-refractivity contribution in [1.82, 2.24) is 5.32 Å². The Morgan fingerprint density at radius 1 is 1.13 bits per heavy atom. The molecule has 5 heteroatoms. The quantitative estimate of drug-likeness (QED) is 0.879. The van der Waals surface area contributed by atoms with Crippen molar-refractivity contribution < 1.29 is 4.79 Å². The number of nitrogens with one attached hydrogen (secondary N) is 1. The van der Waals surface area contributed by atoms with Crippen molar-refractivity contribution in [3.63, 3.8) is 0 Å². The Kier molecular flexibility index (Phi) is 3.98. The van der Waals surface area contributed by atoms with Gasteiger partial charge in [0.25, 0.3) is 5.91 Å². The molecule has 0 radical (unpaired) electrons. The van der Waals surface area contributed by atoms with Gasteiger partial charge in [0.1, 0.15) is 6.04 Å². The maximum Gasteiger partial charge on any atom is 0.256 e. The highest BCUT2D eigenvalue weighted by atomic mass is 32.1. The van der Waals surface area contributed by atoms with Crippen LogP contribution >= 0.6 is 12.2 Å². The van der Waals surface area contributed by atoms with Crippen molar-refractivity contribution in [3.8, 4) is 0 Å². The number of carbonyl (C=O) groups excluding carboxylic acids is 1. The summed E-state index contributed by atoms with van der Waals surface area (Å²) < 4.78 is 0. The minimum atomic E-state index is -0.255. The fourth-order valence-electron chi connectivity index (χ4n) is 3.03. The molecular formula is C18H21N3OS. The summed E-state index contributed by atoms with van der Waals surface area (Å²) in [6.07, 6.45) is 0. The van der Waals surface area contributed by atoms with E-state index in [-0.39, 0.29) is 17.9 Å².